The summed E-state index contributed by atoms with van der Waals surface area (Å²) < 4.78 is 5.42. The van der Waals surface area contributed by atoms with Gasteiger partial charge >= 0.3 is 6.09 Å². The van der Waals surface area contributed by atoms with E-state index in [0.717, 1.165) is 37.3 Å². The first-order valence-electron chi connectivity index (χ1n) is 8.11. The molecule has 19 heavy (non-hydrogen) atoms. The highest BCUT2D eigenvalue weighted by molar-refractivity contribution is 5.70. The Morgan fingerprint density at radius 2 is 1.74 bits per heavy atom. The van der Waals surface area contributed by atoms with Crippen molar-refractivity contribution < 1.29 is 9.53 Å². The lowest BCUT2D eigenvalue weighted by atomic mass is 9.49. The molecule has 1 aliphatic heterocycles. The highest BCUT2D eigenvalue weighted by Gasteiger charge is 2.52. The number of hydrogen-bond acceptors (Lipinski definition) is 2. The van der Waals surface area contributed by atoms with E-state index in [1.165, 1.54) is 38.5 Å². The molecule has 4 bridgehead atoms. The maximum Gasteiger partial charge on any atom is 0.410 e. The Morgan fingerprint density at radius 1 is 1.16 bits per heavy atom. The first-order valence-corrected chi connectivity index (χ1v) is 8.11. The summed E-state index contributed by atoms with van der Waals surface area (Å²) in [6.45, 7) is 3.91. The monoisotopic (exact) mass is 263 g/mol. The summed E-state index contributed by atoms with van der Waals surface area (Å²) in [7, 11) is 0. The lowest BCUT2D eigenvalue weighted by molar-refractivity contribution is -0.0627. The first-order chi connectivity index (χ1) is 9.16. The van der Waals surface area contributed by atoms with E-state index in [1.807, 2.05) is 4.90 Å². The van der Waals surface area contributed by atoms with Gasteiger partial charge in [-0.05, 0) is 68.1 Å². The SMILES string of the molecule is CC[C@H]1CN(CC23CC4CC(CC(C4)C2)C3)C(=O)O1. The molecule has 1 amide bonds. The van der Waals surface area contributed by atoms with Gasteiger partial charge in [-0.3, -0.25) is 0 Å². The molecule has 0 spiro atoms. The van der Waals surface area contributed by atoms with E-state index in [1.54, 1.807) is 0 Å². The zero-order chi connectivity index (χ0) is 13.0. The quantitative estimate of drug-likeness (QED) is 0.780. The van der Waals surface area contributed by atoms with Gasteiger partial charge < -0.3 is 9.64 Å². The van der Waals surface area contributed by atoms with Crippen molar-refractivity contribution in [2.45, 2.75) is 58.0 Å². The molecule has 3 heteroatoms. The van der Waals surface area contributed by atoms with Gasteiger partial charge in [0.25, 0.3) is 0 Å². The van der Waals surface area contributed by atoms with Gasteiger partial charge in [0.1, 0.15) is 6.10 Å². The van der Waals surface area contributed by atoms with Crippen LogP contribution in [0.3, 0.4) is 0 Å². The van der Waals surface area contributed by atoms with Crippen molar-refractivity contribution in [3.8, 4) is 0 Å². The highest BCUT2D eigenvalue weighted by Crippen LogP contribution is 2.60. The number of amides is 1. The predicted molar refractivity (Wildman–Crippen MR) is 72.7 cm³/mol. The van der Waals surface area contributed by atoms with E-state index in [-0.39, 0.29) is 12.2 Å². The van der Waals surface area contributed by atoms with Crippen LogP contribution in [0.2, 0.25) is 0 Å². The Kier molecular flexibility index (Phi) is 2.62. The number of ether oxygens (including phenoxy) is 1. The fourth-order valence-electron chi connectivity index (χ4n) is 5.80. The molecule has 4 saturated carbocycles. The zero-order valence-electron chi connectivity index (χ0n) is 11.9. The van der Waals surface area contributed by atoms with Crippen molar-refractivity contribution in [3.63, 3.8) is 0 Å². The molecule has 5 rings (SSSR count). The lowest BCUT2D eigenvalue weighted by Crippen LogP contribution is -2.51. The zero-order valence-corrected chi connectivity index (χ0v) is 11.9. The fourth-order valence-corrected chi connectivity index (χ4v) is 5.80. The molecule has 1 heterocycles. The molecule has 106 valence electrons. The van der Waals surface area contributed by atoms with Crippen LogP contribution in [0.1, 0.15) is 51.9 Å². The molecule has 5 fully saturated rings. The van der Waals surface area contributed by atoms with E-state index in [9.17, 15) is 4.79 Å². The number of nitrogens with zero attached hydrogens (tertiary/aromatic N) is 1. The molecule has 0 aromatic rings. The van der Waals surface area contributed by atoms with Gasteiger partial charge in [0, 0.05) is 6.54 Å². The van der Waals surface area contributed by atoms with Crippen molar-refractivity contribution >= 4 is 6.09 Å². The standard InChI is InChI=1S/C16H25NO2/c1-2-14-9-17(15(18)19-14)10-16-6-11-3-12(7-16)5-13(4-11)8-16/h11-14H,2-10H2,1H3/t11?,12?,13?,14-,16?/m0/s1. The van der Waals surface area contributed by atoms with Crippen molar-refractivity contribution in [2.24, 2.45) is 23.2 Å². The van der Waals surface area contributed by atoms with Crippen LogP contribution in [-0.2, 0) is 4.74 Å². The second-order valence-corrected chi connectivity index (χ2v) is 7.71. The molecule has 1 saturated heterocycles. The van der Waals surface area contributed by atoms with Crippen molar-refractivity contribution in [1.29, 1.82) is 0 Å². The van der Waals surface area contributed by atoms with Gasteiger partial charge in [-0.2, -0.15) is 0 Å². The van der Waals surface area contributed by atoms with Crippen LogP contribution >= 0.6 is 0 Å². The van der Waals surface area contributed by atoms with Crippen LogP contribution in [0.5, 0.6) is 0 Å². The van der Waals surface area contributed by atoms with E-state index < -0.39 is 0 Å². The topological polar surface area (TPSA) is 29.5 Å². The average molecular weight is 263 g/mol. The number of cyclic esters (lactones) is 1. The Hall–Kier alpha value is -0.730. The molecule has 4 aliphatic carbocycles. The summed E-state index contributed by atoms with van der Waals surface area (Å²) in [5.74, 6) is 2.89. The smallest absolute Gasteiger partial charge is 0.410 e. The second-order valence-electron chi connectivity index (χ2n) is 7.71. The molecule has 0 unspecified atom stereocenters. The Morgan fingerprint density at radius 3 is 2.21 bits per heavy atom. The Bertz CT molecular complexity index is 357. The molecule has 0 aromatic heterocycles. The van der Waals surface area contributed by atoms with Crippen LogP contribution in [0.4, 0.5) is 4.79 Å². The predicted octanol–water partition coefficient (Wildman–Crippen LogP) is 3.43. The third kappa shape index (κ3) is 1.96. The van der Waals surface area contributed by atoms with Crippen LogP contribution in [-0.4, -0.2) is 30.2 Å². The van der Waals surface area contributed by atoms with Crippen molar-refractivity contribution in [2.75, 3.05) is 13.1 Å². The minimum Gasteiger partial charge on any atom is -0.444 e. The number of carbonyl (C=O) groups is 1. The summed E-state index contributed by atoms with van der Waals surface area (Å²) in [5, 5.41) is 0. The molecule has 0 radical (unpaired) electrons. The van der Waals surface area contributed by atoms with Gasteiger partial charge in [0.15, 0.2) is 0 Å². The maximum atomic E-state index is 12.0. The first kappa shape index (κ1) is 12.0. The summed E-state index contributed by atoms with van der Waals surface area (Å²) in [5.41, 5.74) is 0.455. The summed E-state index contributed by atoms with van der Waals surface area (Å²) >= 11 is 0. The minimum atomic E-state index is -0.0532. The minimum absolute atomic E-state index is 0.0532. The van der Waals surface area contributed by atoms with E-state index in [4.69, 9.17) is 4.74 Å². The van der Waals surface area contributed by atoms with Crippen LogP contribution in [0.25, 0.3) is 0 Å². The number of rotatable bonds is 3. The molecule has 3 nitrogen and oxygen atoms in total. The van der Waals surface area contributed by atoms with Gasteiger partial charge in [-0.1, -0.05) is 6.92 Å². The highest BCUT2D eigenvalue weighted by atomic mass is 16.6. The molecule has 0 N–H and O–H groups in total. The molecule has 1 atom stereocenters. The Labute approximate surface area is 115 Å². The van der Waals surface area contributed by atoms with Crippen LogP contribution in [0, 0.1) is 23.2 Å². The lowest BCUT2D eigenvalue weighted by Gasteiger charge is -2.57. The molecule has 0 aromatic carbocycles. The summed E-state index contributed by atoms with van der Waals surface area (Å²) in [4.78, 5) is 14.0. The van der Waals surface area contributed by atoms with E-state index in [2.05, 4.69) is 6.92 Å². The maximum absolute atomic E-state index is 12.0. The summed E-state index contributed by atoms with van der Waals surface area (Å²) in [6.07, 6.45) is 9.58. The third-order valence-electron chi connectivity index (χ3n) is 6.10. The Balaban J connectivity index is 1.49. The van der Waals surface area contributed by atoms with E-state index >= 15 is 0 Å². The molecule has 5 aliphatic rings. The van der Waals surface area contributed by atoms with Crippen molar-refractivity contribution in [3.05, 3.63) is 0 Å². The van der Waals surface area contributed by atoms with Gasteiger partial charge in [0.05, 0.1) is 6.54 Å². The van der Waals surface area contributed by atoms with E-state index in [0.29, 0.717) is 5.41 Å². The number of hydrogen-bond donors (Lipinski definition) is 0. The fraction of sp³-hybridized carbons (Fsp3) is 0.938. The third-order valence-corrected chi connectivity index (χ3v) is 6.10. The van der Waals surface area contributed by atoms with Gasteiger partial charge in [-0.25, -0.2) is 4.79 Å². The van der Waals surface area contributed by atoms with Gasteiger partial charge in [0.2, 0.25) is 0 Å². The molecular weight excluding hydrogens is 238 g/mol. The van der Waals surface area contributed by atoms with Gasteiger partial charge in [-0.15, -0.1) is 0 Å². The summed E-state index contributed by atoms with van der Waals surface area (Å²) in [6, 6.07) is 0. The largest absolute Gasteiger partial charge is 0.444 e. The normalized spacial score (nSPS) is 47.8. The van der Waals surface area contributed by atoms with Crippen LogP contribution in [0.15, 0.2) is 0 Å². The average Bonchev–Trinajstić information content (AvgIpc) is 2.67. The van der Waals surface area contributed by atoms with Crippen LogP contribution < -0.4 is 0 Å². The van der Waals surface area contributed by atoms with Crippen molar-refractivity contribution in [1.82, 2.24) is 4.90 Å². The molecular formula is C16H25NO2. The number of carbonyl (C=O) groups excluding carboxylic acids is 1. The second kappa shape index (κ2) is 4.13.